The van der Waals surface area contributed by atoms with Crippen molar-refractivity contribution in [1.29, 1.82) is 0 Å². The Hall–Kier alpha value is -3.12. The fraction of sp³-hybridized carbons (Fsp3) is 0.462. The van der Waals surface area contributed by atoms with Crippen LogP contribution < -0.4 is 19.7 Å². The maximum atomic E-state index is 12.6. The Morgan fingerprint density at radius 2 is 1.61 bits per heavy atom. The highest BCUT2D eigenvalue weighted by Gasteiger charge is 2.31. The molecule has 12 heteroatoms. The Bertz CT molecular complexity index is 1330. The molecule has 4 rings (SSSR count). The molecule has 1 heterocycles. The van der Waals surface area contributed by atoms with Crippen LogP contribution in [0.15, 0.2) is 53.4 Å². The van der Waals surface area contributed by atoms with Crippen LogP contribution in [0.2, 0.25) is 0 Å². The molecule has 206 valence electrons. The summed E-state index contributed by atoms with van der Waals surface area (Å²) in [4.78, 5) is 11.4. The van der Waals surface area contributed by atoms with Crippen LogP contribution in [0.3, 0.4) is 0 Å². The molecule has 38 heavy (non-hydrogen) atoms. The van der Waals surface area contributed by atoms with Gasteiger partial charge in [-0.3, -0.25) is 0 Å². The largest absolute Gasteiger partial charge is 0.573 e. The minimum absolute atomic E-state index is 0.103. The molecule has 8 nitrogen and oxygen atoms in total. The molecule has 0 spiro atoms. The number of alkyl halides is 3. The summed E-state index contributed by atoms with van der Waals surface area (Å²) < 4.78 is 68.5. The van der Waals surface area contributed by atoms with Gasteiger partial charge < -0.3 is 15.0 Å². The van der Waals surface area contributed by atoms with Crippen LogP contribution >= 0.6 is 0 Å². The summed E-state index contributed by atoms with van der Waals surface area (Å²) >= 11 is 0. The molecule has 0 atom stereocenters. The van der Waals surface area contributed by atoms with E-state index in [9.17, 15) is 21.6 Å². The second kappa shape index (κ2) is 11.7. The number of hydrogen-bond donors (Lipinski definition) is 2. The van der Waals surface area contributed by atoms with Gasteiger partial charge in [-0.1, -0.05) is 12.1 Å². The first-order chi connectivity index (χ1) is 18.0. The second-order valence-corrected chi connectivity index (χ2v) is 11.3. The van der Waals surface area contributed by atoms with E-state index in [-0.39, 0.29) is 17.4 Å². The Morgan fingerprint density at radius 1 is 0.974 bits per heavy atom. The molecular formula is C26H32F3N5O3S. The van der Waals surface area contributed by atoms with Crippen molar-refractivity contribution in [3.05, 3.63) is 48.5 Å². The number of anilines is 2. The van der Waals surface area contributed by atoms with Gasteiger partial charge in [-0.2, -0.15) is 4.98 Å². The summed E-state index contributed by atoms with van der Waals surface area (Å²) in [7, 11) is -1.83. The molecule has 1 aliphatic carbocycles. The minimum atomic E-state index is -4.83. The highest BCUT2D eigenvalue weighted by molar-refractivity contribution is 7.89. The first-order valence-corrected chi connectivity index (χ1v) is 14.1. The van der Waals surface area contributed by atoms with Crippen molar-refractivity contribution in [2.75, 3.05) is 36.9 Å². The zero-order chi connectivity index (χ0) is 27.3. The molecule has 0 radical (unpaired) electrons. The van der Waals surface area contributed by atoms with E-state index in [1.807, 2.05) is 31.3 Å². The monoisotopic (exact) mass is 551 g/mol. The zero-order valence-corrected chi connectivity index (χ0v) is 22.1. The molecule has 2 aromatic carbocycles. The molecule has 1 fully saturated rings. The normalized spacial score (nSPS) is 18.3. The molecule has 0 unspecified atom stereocenters. The Morgan fingerprint density at radius 3 is 2.24 bits per heavy atom. The average Bonchev–Trinajstić information content (AvgIpc) is 2.90. The molecule has 0 aliphatic heterocycles. The number of nitrogens with zero attached hydrogens (tertiary/aromatic N) is 3. The van der Waals surface area contributed by atoms with Gasteiger partial charge in [0, 0.05) is 32.1 Å². The molecule has 0 saturated heterocycles. The van der Waals surface area contributed by atoms with Crippen LogP contribution in [0.5, 0.6) is 5.75 Å². The van der Waals surface area contributed by atoms with Crippen LogP contribution in [0.4, 0.5) is 24.9 Å². The van der Waals surface area contributed by atoms with E-state index in [1.54, 1.807) is 0 Å². The number of rotatable bonds is 10. The van der Waals surface area contributed by atoms with Gasteiger partial charge >= 0.3 is 6.36 Å². The van der Waals surface area contributed by atoms with Crippen molar-refractivity contribution in [2.45, 2.75) is 43.9 Å². The van der Waals surface area contributed by atoms with Crippen LogP contribution in [0.1, 0.15) is 32.6 Å². The Labute approximate surface area is 220 Å². The van der Waals surface area contributed by atoms with Crippen molar-refractivity contribution in [3.8, 4) is 5.75 Å². The summed E-state index contributed by atoms with van der Waals surface area (Å²) in [6.07, 6.45) is -1.20. The van der Waals surface area contributed by atoms with Crippen molar-refractivity contribution in [1.82, 2.24) is 14.7 Å². The van der Waals surface area contributed by atoms with Crippen LogP contribution in [-0.2, 0) is 10.0 Å². The lowest BCUT2D eigenvalue weighted by Gasteiger charge is -2.29. The summed E-state index contributed by atoms with van der Waals surface area (Å²) in [5, 5.41) is 4.41. The molecular weight excluding hydrogens is 519 g/mol. The first-order valence-electron chi connectivity index (χ1n) is 12.6. The summed E-state index contributed by atoms with van der Waals surface area (Å²) in [6, 6.07) is 12.1. The molecule has 1 saturated carbocycles. The number of aromatic nitrogens is 2. The molecule has 1 aliphatic rings. The Balaban J connectivity index is 1.27. The van der Waals surface area contributed by atoms with Crippen LogP contribution in [0, 0.1) is 11.8 Å². The van der Waals surface area contributed by atoms with E-state index in [2.05, 4.69) is 31.6 Å². The second-order valence-electron chi connectivity index (χ2n) is 9.54. The maximum Gasteiger partial charge on any atom is 0.573 e. The van der Waals surface area contributed by atoms with Gasteiger partial charge in [0.05, 0.1) is 10.4 Å². The van der Waals surface area contributed by atoms with Gasteiger partial charge in [-0.05, 0) is 80.8 Å². The fourth-order valence-electron chi connectivity index (χ4n) is 4.59. The predicted octanol–water partition coefficient (Wildman–Crippen LogP) is 5.18. The van der Waals surface area contributed by atoms with Crippen LogP contribution in [0.25, 0.3) is 10.9 Å². The van der Waals surface area contributed by atoms with Gasteiger partial charge in [0.25, 0.3) is 0 Å². The third-order valence-electron chi connectivity index (χ3n) is 6.86. The van der Waals surface area contributed by atoms with Gasteiger partial charge in [-0.25, -0.2) is 18.1 Å². The van der Waals surface area contributed by atoms with E-state index >= 15 is 0 Å². The number of nitrogens with one attached hydrogen (secondary N) is 2. The molecule has 2 N–H and O–H groups in total. The smallest absolute Gasteiger partial charge is 0.406 e. The van der Waals surface area contributed by atoms with Crippen molar-refractivity contribution >= 4 is 32.7 Å². The highest BCUT2D eigenvalue weighted by atomic mass is 32.2. The van der Waals surface area contributed by atoms with Crippen molar-refractivity contribution < 1.29 is 26.3 Å². The summed E-state index contributed by atoms with van der Waals surface area (Å²) in [5.74, 6) is 1.63. The lowest BCUT2D eigenvalue weighted by Crippen LogP contribution is -2.32. The van der Waals surface area contributed by atoms with E-state index in [4.69, 9.17) is 4.98 Å². The lowest BCUT2D eigenvalue weighted by molar-refractivity contribution is -0.274. The first kappa shape index (κ1) is 27.9. The molecule has 1 aromatic heterocycles. The number of ether oxygens (including phenoxy) is 1. The van der Waals surface area contributed by atoms with Crippen molar-refractivity contribution in [3.63, 3.8) is 0 Å². The quantitative estimate of drug-likeness (QED) is 0.358. The van der Waals surface area contributed by atoms with E-state index < -0.39 is 22.1 Å². The third-order valence-corrected chi connectivity index (χ3v) is 8.30. The van der Waals surface area contributed by atoms with Crippen LogP contribution in [-0.4, -0.2) is 51.4 Å². The van der Waals surface area contributed by atoms with Crippen molar-refractivity contribution in [2.24, 2.45) is 11.8 Å². The van der Waals surface area contributed by atoms with Gasteiger partial charge in [0.15, 0.2) is 0 Å². The topological polar surface area (TPSA) is 96.5 Å². The third kappa shape index (κ3) is 7.25. The van der Waals surface area contributed by atoms with E-state index in [0.717, 1.165) is 79.8 Å². The minimum Gasteiger partial charge on any atom is -0.406 e. The van der Waals surface area contributed by atoms with Gasteiger partial charge in [0.1, 0.15) is 11.6 Å². The highest BCUT2D eigenvalue weighted by Crippen LogP contribution is 2.30. The number of hydrogen-bond acceptors (Lipinski definition) is 7. The average molecular weight is 552 g/mol. The maximum absolute atomic E-state index is 12.6. The van der Waals surface area contributed by atoms with E-state index in [0.29, 0.717) is 11.9 Å². The molecule has 3 aromatic rings. The lowest BCUT2D eigenvalue weighted by atomic mass is 9.82. The molecule has 0 bridgehead atoms. The zero-order valence-electron chi connectivity index (χ0n) is 21.3. The standard InChI is InChI=1S/C26H32F3N5O3S/c1-3-34(2)24-22-6-4-5-7-23(22)32-25(33-24)30-16-18-8-10-19(11-9-18)17-31-38(35,36)21-14-12-20(13-15-21)37-26(27,28)29/h4-7,12-15,18-19,31H,3,8-11,16-17H2,1-2H3,(H,30,32,33). The predicted molar refractivity (Wildman–Crippen MR) is 141 cm³/mol. The summed E-state index contributed by atoms with van der Waals surface area (Å²) in [6.45, 7) is 3.92. The SMILES string of the molecule is CCN(C)c1nc(NCC2CCC(CNS(=O)(=O)c3ccc(OC(F)(F)F)cc3)CC2)nc2ccccc12. The summed E-state index contributed by atoms with van der Waals surface area (Å²) in [5.41, 5.74) is 0.888. The molecule has 0 amide bonds. The number of benzene rings is 2. The van der Waals surface area contributed by atoms with Gasteiger partial charge in [-0.15, -0.1) is 13.2 Å². The van der Waals surface area contributed by atoms with Gasteiger partial charge in [0.2, 0.25) is 16.0 Å². The number of sulfonamides is 1. The number of para-hydroxylation sites is 1. The fourth-order valence-corrected chi connectivity index (χ4v) is 5.70. The number of fused-ring (bicyclic) bond motifs is 1. The number of halogens is 3. The van der Waals surface area contributed by atoms with E-state index in [1.165, 1.54) is 0 Å². The Kier molecular flexibility index (Phi) is 8.61.